The lowest BCUT2D eigenvalue weighted by Gasteiger charge is -2.37. The molecular formula is C22H22N4O. The average molecular weight is 358 g/mol. The second kappa shape index (κ2) is 7.91. The van der Waals surface area contributed by atoms with E-state index in [0.717, 1.165) is 37.6 Å². The fraction of sp³-hybridized carbons (Fsp3) is 0.182. The first-order valence-corrected chi connectivity index (χ1v) is 9.16. The molecule has 1 fully saturated rings. The number of para-hydroxylation sites is 2. The number of piperazine rings is 1. The van der Waals surface area contributed by atoms with Crippen LogP contribution in [-0.2, 0) is 0 Å². The molecule has 2 heterocycles. The van der Waals surface area contributed by atoms with Gasteiger partial charge in [-0.15, -0.1) is 0 Å². The number of pyridine rings is 1. The first-order chi connectivity index (χ1) is 13.3. The van der Waals surface area contributed by atoms with Gasteiger partial charge in [0.2, 0.25) is 0 Å². The van der Waals surface area contributed by atoms with Crippen molar-refractivity contribution in [2.75, 3.05) is 41.3 Å². The molecule has 0 radical (unpaired) electrons. The van der Waals surface area contributed by atoms with Crippen molar-refractivity contribution in [3.05, 3.63) is 84.7 Å². The number of rotatable bonds is 4. The molecule has 0 atom stereocenters. The molecule has 136 valence electrons. The molecule has 2 aromatic carbocycles. The topological polar surface area (TPSA) is 48.5 Å². The Hall–Kier alpha value is -3.34. The van der Waals surface area contributed by atoms with Gasteiger partial charge in [0, 0.05) is 43.8 Å². The lowest BCUT2D eigenvalue weighted by atomic mass is 10.2. The Labute approximate surface area is 159 Å². The normalized spacial score (nSPS) is 14.1. The third-order valence-corrected chi connectivity index (χ3v) is 4.78. The van der Waals surface area contributed by atoms with Crippen molar-refractivity contribution in [2.45, 2.75) is 0 Å². The van der Waals surface area contributed by atoms with Gasteiger partial charge < -0.3 is 15.1 Å². The second-order valence-corrected chi connectivity index (χ2v) is 6.56. The molecule has 0 spiro atoms. The lowest BCUT2D eigenvalue weighted by molar-refractivity contribution is 0.102. The maximum absolute atomic E-state index is 12.5. The number of nitrogens with zero attached hydrogens (tertiary/aromatic N) is 3. The summed E-state index contributed by atoms with van der Waals surface area (Å²) in [7, 11) is 0. The minimum atomic E-state index is -0.140. The molecule has 0 bridgehead atoms. The number of hydrogen-bond donors (Lipinski definition) is 1. The van der Waals surface area contributed by atoms with Crippen molar-refractivity contribution in [3.63, 3.8) is 0 Å². The standard InChI is InChI=1S/C22H22N4O/c27-22(24-19-7-3-1-4-8-19)18-15-21(17-23-16-18)26-13-11-25(12-14-26)20-9-5-2-6-10-20/h1-10,15-17H,11-14H2,(H,24,27). The molecule has 1 amide bonds. The van der Waals surface area contributed by atoms with Crippen molar-refractivity contribution in [1.29, 1.82) is 0 Å². The van der Waals surface area contributed by atoms with E-state index in [9.17, 15) is 4.79 Å². The van der Waals surface area contributed by atoms with Crippen LogP contribution in [0.1, 0.15) is 10.4 Å². The Kier molecular flexibility index (Phi) is 5.01. The predicted molar refractivity (Wildman–Crippen MR) is 110 cm³/mol. The largest absolute Gasteiger partial charge is 0.368 e. The van der Waals surface area contributed by atoms with Crippen LogP contribution >= 0.6 is 0 Å². The highest BCUT2D eigenvalue weighted by atomic mass is 16.1. The number of aromatic nitrogens is 1. The monoisotopic (exact) mass is 358 g/mol. The summed E-state index contributed by atoms with van der Waals surface area (Å²) in [6.07, 6.45) is 3.44. The molecule has 27 heavy (non-hydrogen) atoms. The Morgan fingerprint density at radius 2 is 1.37 bits per heavy atom. The molecule has 1 aromatic heterocycles. The zero-order chi connectivity index (χ0) is 18.5. The highest BCUT2D eigenvalue weighted by Crippen LogP contribution is 2.21. The highest BCUT2D eigenvalue weighted by molar-refractivity contribution is 6.04. The van der Waals surface area contributed by atoms with Crippen LogP contribution in [0.2, 0.25) is 0 Å². The van der Waals surface area contributed by atoms with Gasteiger partial charge in [0.1, 0.15) is 0 Å². The number of hydrogen-bond acceptors (Lipinski definition) is 4. The molecule has 5 nitrogen and oxygen atoms in total. The quantitative estimate of drug-likeness (QED) is 0.773. The molecule has 0 unspecified atom stereocenters. The van der Waals surface area contributed by atoms with Gasteiger partial charge in [0.25, 0.3) is 5.91 Å². The van der Waals surface area contributed by atoms with E-state index in [1.807, 2.05) is 48.7 Å². The summed E-state index contributed by atoms with van der Waals surface area (Å²) in [5, 5.41) is 2.91. The molecule has 1 aliphatic rings. The van der Waals surface area contributed by atoms with Crippen molar-refractivity contribution in [2.24, 2.45) is 0 Å². The number of anilines is 3. The Morgan fingerprint density at radius 1 is 0.778 bits per heavy atom. The molecule has 5 heteroatoms. The van der Waals surface area contributed by atoms with Gasteiger partial charge in [0.15, 0.2) is 0 Å². The van der Waals surface area contributed by atoms with E-state index in [4.69, 9.17) is 0 Å². The summed E-state index contributed by atoms with van der Waals surface area (Å²) < 4.78 is 0. The van der Waals surface area contributed by atoms with Crippen LogP contribution in [0, 0.1) is 0 Å². The summed E-state index contributed by atoms with van der Waals surface area (Å²) in [6.45, 7) is 3.70. The second-order valence-electron chi connectivity index (χ2n) is 6.56. The van der Waals surface area contributed by atoms with Gasteiger partial charge >= 0.3 is 0 Å². The predicted octanol–water partition coefficient (Wildman–Crippen LogP) is 3.66. The summed E-state index contributed by atoms with van der Waals surface area (Å²) in [4.78, 5) is 21.5. The van der Waals surface area contributed by atoms with Gasteiger partial charge in [-0.1, -0.05) is 36.4 Å². The van der Waals surface area contributed by atoms with Crippen LogP contribution in [0.25, 0.3) is 0 Å². The van der Waals surface area contributed by atoms with Gasteiger partial charge in [-0.2, -0.15) is 0 Å². The maximum Gasteiger partial charge on any atom is 0.257 e. The summed E-state index contributed by atoms with van der Waals surface area (Å²) in [5.41, 5.74) is 3.60. The zero-order valence-electron chi connectivity index (χ0n) is 15.1. The zero-order valence-corrected chi connectivity index (χ0v) is 15.1. The fourth-order valence-corrected chi connectivity index (χ4v) is 3.31. The average Bonchev–Trinajstić information content (AvgIpc) is 2.75. The van der Waals surface area contributed by atoms with Gasteiger partial charge in [-0.25, -0.2) is 0 Å². The highest BCUT2D eigenvalue weighted by Gasteiger charge is 2.18. The Balaban J connectivity index is 1.42. The van der Waals surface area contributed by atoms with E-state index in [1.54, 1.807) is 6.20 Å². The minimum Gasteiger partial charge on any atom is -0.368 e. The third-order valence-electron chi connectivity index (χ3n) is 4.78. The molecule has 0 saturated carbocycles. The Bertz CT molecular complexity index is 890. The van der Waals surface area contributed by atoms with Crippen LogP contribution in [0.3, 0.4) is 0 Å². The number of nitrogens with one attached hydrogen (secondary N) is 1. The van der Waals surface area contributed by atoms with Crippen LogP contribution < -0.4 is 15.1 Å². The summed E-state index contributed by atoms with van der Waals surface area (Å²) >= 11 is 0. The summed E-state index contributed by atoms with van der Waals surface area (Å²) in [6, 6.07) is 21.9. The third kappa shape index (κ3) is 4.08. The first-order valence-electron chi connectivity index (χ1n) is 9.16. The SMILES string of the molecule is O=C(Nc1ccccc1)c1cncc(N2CCN(c3ccccc3)CC2)c1. The van der Waals surface area contributed by atoms with E-state index in [-0.39, 0.29) is 5.91 Å². The first kappa shape index (κ1) is 17.1. The van der Waals surface area contributed by atoms with Crippen molar-refractivity contribution < 1.29 is 4.79 Å². The van der Waals surface area contributed by atoms with Crippen molar-refractivity contribution in [3.8, 4) is 0 Å². The van der Waals surface area contributed by atoms with E-state index in [1.165, 1.54) is 5.69 Å². The van der Waals surface area contributed by atoms with Gasteiger partial charge in [-0.3, -0.25) is 9.78 Å². The molecule has 1 aliphatic heterocycles. The molecule has 4 rings (SSSR count). The van der Waals surface area contributed by atoms with Gasteiger partial charge in [-0.05, 0) is 30.3 Å². The fourth-order valence-electron chi connectivity index (χ4n) is 3.31. The number of carbonyl (C=O) groups is 1. The molecule has 0 aliphatic carbocycles. The maximum atomic E-state index is 12.5. The van der Waals surface area contributed by atoms with Gasteiger partial charge in [0.05, 0.1) is 17.4 Å². The van der Waals surface area contributed by atoms with Crippen LogP contribution in [-0.4, -0.2) is 37.1 Å². The number of benzene rings is 2. The van der Waals surface area contributed by atoms with Crippen LogP contribution in [0.15, 0.2) is 79.1 Å². The molecular weight excluding hydrogens is 336 g/mol. The Morgan fingerprint density at radius 3 is 2.04 bits per heavy atom. The number of amides is 1. The summed E-state index contributed by atoms with van der Waals surface area (Å²) in [5.74, 6) is -0.140. The van der Waals surface area contributed by atoms with Crippen molar-refractivity contribution in [1.82, 2.24) is 4.98 Å². The lowest BCUT2D eigenvalue weighted by Crippen LogP contribution is -2.46. The van der Waals surface area contributed by atoms with Crippen LogP contribution in [0.4, 0.5) is 17.1 Å². The van der Waals surface area contributed by atoms with E-state index < -0.39 is 0 Å². The smallest absolute Gasteiger partial charge is 0.257 e. The van der Waals surface area contributed by atoms with Crippen molar-refractivity contribution >= 4 is 23.0 Å². The van der Waals surface area contributed by atoms with E-state index in [2.05, 4.69) is 44.4 Å². The van der Waals surface area contributed by atoms with Crippen LogP contribution in [0.5, 0.6) is 0 Å². The minimum absolute atomic E-state index is 0.140. The molecule has 3 aromatic rings. The molecule has 1 N–H and O–H groups in total. The van der Waals surface area contributed by atoms with E-state index >= 15 is 0 Å². The molecule has 1 saturated heterocycles. The number of carbonyl (C=O) groups excluding carboxylic acids is 1. The van der Waals surface area contributed by atoms with E-state index in [0.29, 0.717) is 5.56 Å².